The standard InChI is InChI=1S/C26H24N2O3/c1-14(15-6-3-2-4-7-15)27-24(29)16-8-5-9-17(12-16)28-25(30)22-18-10-11-19(21-13-20(18)21)23(22)26(28)31/h2-12,14,18-23H,13H2,1H3,(H,27,29)/t14-,18+,19+,20+,21+,22-,23-/m0/s1. The predicted molar refractivity (Wildman–Crippen MR) is 116 cm³/mol. The molecule has 0 aromatic heterocycles. The first-order chi connectivity index (χ1) is 15.0. The SMILES string of the molecule is C[C@H](NC(=O)c1cccc(N2C(=O)[C@H]3[C@@H]4C=C[C@H]([C@H]5C[C@H]45)[C@@H]3C2=O)c1)c1ccccc1. The lowest BCUT2D eigenvalue weighted by molar-refractivity contribution is -0.124. The summed E-state index contributed by atoms with van der Waals surface area (Å²) < 4.78 is 0. The fourth-order valence-electron chi connectivity index (χ4n) is 6.10. The van der Waals surface area contributed by atoms with E-state index in [4.69, 9.17) is 0 Å². The van der Waals surface area contributed by atoms with E-state index >= 15 is 0 Å². The van der Waals surface area contributed by atoms with Crippen LogP contribution >= 0.6 is 0 Å². The van der Waals surface area contributed by atoms with Crippen LogP contribution in [0, 0.1) is 35.5 Å². The zero-order valence-electron chi connectivity index (χ0n) is 17.3. The molecule has 5 heteroatoms. The Balaban J connectivity index is 1.25. The second kappa shape index (κ2) is 6.64. The number of imide groups is 1. The van der Waals surface area contributed by atoms with Crippen LogP contribution in [0.5, 0.6) is 0 Å². The van der Waals surface area contributed by atoms with Gasteiger partial charge in [-0.25, -0.2) is 4.90 Å². The van der Waals surface area contributed by atoms with Gasteiger partial charge in [-0.3, -0.25) is 14.4 Å². The Hall–Kier alpha value is -3.21. The number of anilines is 1. The molecular formula is C26H24N2O3. The molecule has 2 aromatic carbocycles. The molecule has 7 rings (SSSR count). The number of hydrogen-bond acceptors (Lipinski definition) is 3. The maximum atomic E-state index is 13.3. The van der Waals surface area contributed by atoms with Crippen LogP contribution in [0.4, 0.5) is 5.69 Å². The number of carbonyl (C=O) groups is 3. The summed E-state index contributed by atoms with van der Waals surface area (Å²) in [5.74, 6) is 0.638. The Morgan fingerprint density at radius 1 is 0.935 bits per heavy atom. The minimum Gasteiger partial charge on any atom is -0.346 e. The van der Waals surface area contributed by atoms with E-state index in [2.05, 4.69) is 17.5 Å². The highest BCUT2D eigenvalue weighted by Crippen LogP contribution is 2.65. The highest BCUT2D eigenvalue weighted by Gasteiger charge is 2.67. The van der Waals surface area contributed by atoms with Crippen molar-refractivity contribution in [3.8, 4) is 0 Å². The lowest BCUT2D eigenvalue weighted by Crippen LogP contribution is -2.40. The number of nitrogens with zero attached hydrogens (tertiary/aromatic N) is 1. The molecule has 156 valence electrons. The zero-order valence-corrected chi connectivity index (χ0v) is 17.3. The second-order valence-electron chi connectivity index (χ2n) is 9.32. The summed E-state index contributed by atoms with van der Waals surface area (Å²) in [4.78, 5) is 40.8. The summed E-state index contributed by atoms with van der Waals surface area (Å²) in [5, 5.41) is 3.00. The molecule has 7 atom stereocenters. The van der Waals surface area contributed by atoms with Crippen LogP contribution in [0.3, 0.4) is 0 Å². The van der Waals surface area contributed by atoms with Crippen molar-refractivity contribution in [1.29, 1.82) is 0 Å². The number of hydrogen-bond donors (Lipinski definition) is 1. The second-order valence-corrected chi connectivity index (χ2v) is 9.32. The van der Waals surface area contributed by atoms with Gasteiger partial charge in [-0.05, 0) is 60.8 Å². The lowest BCUT2D eigenvalue weighted by atomic mass is 9.63. The molecule has 3 amide bonds. The van der Waals surface area contributed by atoms with Crippen molar-refractivity contribution in [2.75, 3.05) is 4.90 Å². The van der Waals surface area contributed by atoms with E-state index in [-0.39, 0.29) is 47.4 Å². The average molecular weight is 412 g/mol. The number of nitrogens with one attached hydrogen (secondary N) is 1. The zero-order chi connectivity index (χ0) is 21.3. The topological polar surface area (TPSA) is 66.5 Å². The summed E-state index contributed by atoms with van der Waals surface area (Å²) in [7, 11) is 0. The Kier molecular flexibility index (Phi) is 3.98. The third-order valence-electron chi connectivity index (χ3n) is 7.68. The van der Waals surface area contributed by atoms with E-state index in [1.807, 2.05) is 37.3 Å². The molecule has 1 aliphatic heterocycles. The highest BCUT2D eigenvalue weighted by atomic mass is 16.2. The van der Waals surface area contributed by atoms with Crippen molar-refractivity contribution >= 4 is 23.4 Å². The molecule has 5 nitrogen and oxygen atoms in total. The Labute approximate surface area is 181 Å². The quantitative estimate of drug-likeness (QED) is 0.615. The molecule has 1 N–H and O–H groups in total. The normalized spacial score (nSPS) is 33.1. The van der Waals surface area contributed by atoms with Gasteiger partial charge in [0.1, 0.15) is 0 Å². The molecule has 4 aliphatic carbocycles. The third-order valence-corrected chi connectivity index (χ3v) is 7.68. The van der Waals surface area contributed by atoms with Crippen LogP contribution in [0.15, 0.2) is 66.7 Å². The summed E-state index contributed by atoms with van der Waals surface area (Å²) in [6.07, 6.45) is 5.48. The molecule has 0 radical (unpaired) electrons. The first-order valence-corrected chi connectivity index (χ1v) is 11.1. The van der Waals surface area contributed by atoms with Gasteiger partial charge in [0.15, 0.2) is 0 Å². The molecule has 2 saturated carbocycles. The number of rotatable bonds is 4. The average Bonchev–Trinajstić information content (AvgIpc) is 3.57. The Bertz CT molecular complexity index is 1090. The first-order valence-electron chi connectivity index (χ1n) is 11.1. The highest BCUT2D eigenvalue weighted by molar-refractivity contribution is 6.23. The van der Waals surface area contributed by atoms with Crippen LogP contribution in [-0.2, 0) is 9.59 Å². The molecular weight excluding hydrogens is 388 g/mol. The van der Waals surface area contributed by atoms with Gasteiger partial charge in [0.2, 0.25) is 11.8 Å². The van der Waals surface area contributed by atoms with Gasteiger partial charge in [0.25, 0.3) is 5.91 Å². The van der Waals surface area contributed by atoms with E-state index in [0.717, 1.165) is 12.0 Å². The van der Waals surface area contributed by atoms with E-state index in [0.29, 0.717) is 23.1 Å². The van der Waals surface area contributed by atoms with Gasteiger partial charge in [0, 0.05) is 5.56 Å². The fourth-order valence-corrected chi connectivity index (χ4v) is 6.10. The monoisotopic (exact) mass is 412 g/mol. The number of carbonyl (C=O) groups excluding carboxylic acids is 3. The van der Waals surface area contributed by atoms with Crippen molar-refractivity contribution in [3.63, 3.8) is 0 Å². The van der Waals surface area contributed by atoms with Crippen molar-refractivity contribution in [1.82, 2.24) is 5.32 Å². The molecule has 3 fully saturated rings. The Morgan fingerprint density at radius 3 is 2.23 bits per heavy atom. The van der Waals surface area contributed by atoms with Crippen molar-refractivity contribution in [2.45, 2.75) is 19.4 Å². The van der Waals surface area contributed by atoms with Crippen molar-refractivity contribution < 1.29 is 14.4 Å². The van der Waals surface area contributed by atoms with Crippen molar-refractivity contribution in [3.05, 3.63) is 77.9 Å². The summed E-state index contributed by atoms with van der Waals surface area (Å²) in [5.41, 5.74) is 1.96. The van der Waals surface area contributed by atoms with Gasteiger partial charge in [-0.1, -0.05) is 48.6 Å². The molecule has 2 bridgehead atoms. The number of benzene rings is 2. The van der Waals surface area contributed by atoms with Crippen LogP contribution in [0.25, 0.3) is 0 Å². The fraction of sp³-hybridized carbons (Fsp3) is 0.346. The number of amides is 3. The maximum Gasteiger partial charge on any atom is 0.251 e. The summed E-state index contributed by atoms with van der Waals surface area (Å²) in [6, 6.07) is 16.5. The van der Waals surface area contributed by atoms with Crippen LogP contribution in [0.2, 0.25) is 0 Å². The van der Waals surface area contributed by atoms with Gasteiger partial charge in [-0.15, -0.1) is 0 Å². The minimum absolute atomic E-state index is 0.102. The third kappa shape index (κ3) is 2.72. The largest absolute Gasteiger partial charge is 0.346 e. The van der Waals surface area contributed by atoms with Crippen molar-refractivity contribution in [2.24, 2.45) is 35.5 Å². The molecule has 0 spiro atoms. The van der Waals surface area contributed by atoms with Gasteiger partial charge in [-0.2, -0.15) is 0 Å². The molecule has 2 aromatic rings. The van der Waals surface area contributed by atoms with Crippen LogP contribution < -0.4 is 10.2 Å². The summed E-state index contributed by atoms with van der Waals surface area (Å²) >= 11 is 0. The smallest absolute Gasteiger partial charge is 0.251 e. The van der Waals surface area contributed by atoms with Crippen LogP contribution in [0.1, 0.15) is 35.3 Å². The van der Waals surface area contributed by atoms with Gasteiger partial charge < -0.3 is 5.32 Å². The van der Waals surface area contributed by atoms with E-state index in [1.165, 1.54) is 4.90 Å². The van der Waals surface area contributed by atoms with Crippen LogP contribution in [-0.4, -0.2) is 17.7 Å². The minimum atomic E-state index is -0.234. The molecule has 0 unspecified atom stereocenters. The predicted octanol–water partition coefficient (Wildman–Crippen LogP) is 3.74. The molecule has 5 aliphatic rings. The lowest BCUT2D eigenvalue weighted by Gasteiger charge is -2.37. The van der Waals surface area contributed by atoms with Gasteiger partial charge in [0.05, 0.1) is 23.6 Å². The Morgan fingerprint density at radius 2 is 1.58 bits per heavy atom. The summed E-state index contributed by atoms with van der Waals surface area (Å²) in [6.45, 7) is 1.93. The van der Waals surface area contributed by atoms with Gasteiger partial charge >= 0.3 is 0 Å². The molecule has 31 heavy (non-hydrogen) atoms. The molecule has 1 saturated heterocycles. The van der Waals surface area contributed by atoms with E-state index in [9.17, 15) is 14.4 Å². The number of allylic oxidation sites excluding steroid dienone is 2. The van der Waals surface area contributed by atoms with E-state index in [1.54, 1.807) is 24.3 Å². The first kappa shape index (κ1) is 18.6. The molecule has 1 heterocycles. The maximum absolute atomic E-state index is 13.3. The van der Waals surface area contributed by atoms with E-state index < -0.39 is 0 Å².